The van der Waals surface area contributed by atoms with Crippen LogP contribution in [0.5, 0.6) is 0 Å². The van der Waals surface area contributed by atoms with E-state index in [2.05, 4.69) is 6.58 Å². The molecule has 0 aliphatic rings. The fraction of sp³-hybridized carbons (Fsp3) is 0.188. The molecule has 2 aromatic rings. The normalized spacial score (nSPS) is 14.1. The Balaban J connectivity index is 2.49. The zero-order chi connectivity index (χ0) is 13.2. The molecule has 2 heteroatoms. The van der Waals surface area contributed by atoms with Gasteiger partial charge in [0.1, 0.15) is 0 Å². The van der Waals surface area contributed by atoms with Crippen molar-refractivity contribution in [1.82, 2.24) is 0 Å². The molecule has 2 nitrogen and oxygen atoms in total. The first-order valence-electron chi connectivity index (χ1n) is 5.90. The molecular formula is C16H16O2. The van der Waals surface area contributed by atoms with Gasteiger partial charge in [-0.1, -0.05) is 48.5 Å². The molecule has 0 radical (unpaired) electrons. The molecule has 18 heavy (non-hydrogen) atoms. The summed E-state index contributed by atoms with van der Waals surface area (Å²) in [5.41, 5.74) is 0.113. The van der Waals surface area contributed by atoms with E-state index in [1.54, 1.807) is 6.92 Å². The Labute approximate surface area is 107 Å². The first-order chi connectivity index (χ1) is 8.57. The topological polar surface area (TPSA) is 37.3 Å². The summed E-state index contributed by atoms with van der Waals surface area (Å²) in [6.07, 6.45) is 1.96. The van der Waals surface area contributed by atoms with E-state index in [1.807, 2.05) is 42.5 Å². The third-order valence-corrected chi connectivity index (χ3v) is 3.38. The van der Waals surface area contributed by atoms with Crippen LogP contribution in [0.15, 0.2) is 55.1 Å². The molecule has 1 N–H and O–H groups in total. The van der Waals surface area contributed by atoms with Crippen LogP contribution in [0.25, 0.3) is 10.8 Å². The van der Waals surface area contributed by atoms with Gasteiger partial charge in [-0.05, 0) is 29.7 Å². The van der Waals surface area contributed by atoms with Gasteiger partial charge in [-0.15, -0.1) is 6.58 Å². The molecule has 2 rings (SSSR count). The van der Waals surface area contributed by atoms with E-state index >= 15 is 0 Å². The van der Waals surface area contributed by atoms with E-state index in [1.165, 1.54) is 6.08 Å². The van der Waals surface area contributed by atoms with E-state index in [0.29, 0.717) is 6.42 Å². The third kappa shape index (κ3) is 2.14. The highest BCUT2D eigenvalue weighted by Crippen LogP contribution is 2.28. The number of hydrogen-bond donors (Lipinski definition) is 1. The lowest BCUT2D eigenvalue weighted by Crippen LogP contribution is -2.27. The van der Waals surface area contributed by atoms with Crippen molar-refractivity contribution >= 4 is 16.7 Å². The van der Waals surface area contributed by atoms with Crippen molar-refractivity contribution in [3.8, 4) is 0 Å². The third-order valence-electron chi connectivity index (χ3n) is 3.38. The maximum Gasteiger partial charge on any atom is 0.313 e. The molecule has 0 saturated heterocycles. The molecule has 1 unspecified atom stereocenters. The molecule has 2 aromatic carbocycles. The Morgan fingerprint density at radius 3 is 2.61 bits per heavy atom. The number of carboxylic acid groups (broad SMARTS) is 1. The van der Waals surface area contributed by atoms with E-state index in [4.69, 9.17) is 0 Å². The molecule has 0 spiro atoms. The fourth-order valence-electron chi connectivity index (χ4n) is 2.08. The quantitative estimate of drug-likeness (QED) is 0.828. The monoisotopic (exact) mass is 240 g/mol. The maximum absolute atomic E-state index is 11.3. The Bertz CT molecular complexity index is 596. The number of hydrogen-bond acceptors (Lipinski definition) is 1. The number of rotatable bonds is 4. The minimum atomic E-state index is -0.926. The molecule has 0 aliphatic heterocycles. The molecule has 0 bridgehead atoms. The average molecular weight is 240 g/mol. The second-order valence-electron chi connectivity index (χ2n) is 4.74. The summed E-state index contributed by atoms with van der Waals surface area (Å²) in [7, 11) is 0. The number of carboxylic acids is 1. The van der Waals surface area contributed by atoms with Crippen LogP contribution in [-0.2, 0) is 11.2 Å². The van der Waals surface area contributed by atoms with E-state index in [-0.39, 0.29) is 0 Å². The zero-order valence-electron chi connectivity index (χ0n) is 10.4. The van der Waals surface area contributed by atoms with E-state index in [0.717, 1.165) is 16.3 Å². The van der Waals surface area contributed by atoms with E-state index in [9.17, 15) is 9.90 Å². The SMILES string of the molecule is C=CC(C)(Cc1cccc2ccccc12)C(=O)O. The Kier molecular flexibility index (Phi) is 3.19. The molecule has 0 fully saturated rings. The molecule has 0 aromatic heterocycles. The highest BCUT2D eigenvalue weighted by Gasteiger charge is 2.30. The Morgan fingerprint density at radius 1 is 1.28 bits per heavy atom. The van der Waals surface area contributed by atoms with Gasteiger partial charge in [-0.25, -0.2) is 0 Å². The molecule has 92 valence electrons. The molecule has 0 heterocycles. The highest BCUT2D eigenvalue weighted by molar-refractivity contribution is 5.86. The van der Waals surface area contributed by atoms with Crippen LogP contribution >= 0.6 is 0 Å². The summed E-state index contributed by atoms with van der Waals surface area (Å²) in [5, 5.41) is 11.5. The van der Waals surface area contributed by atoms with Gasteiger partial charge < -0.3 is 5.11 Å². The van der Waals surface area contributed by atoms with Crippen LogP contribution in [0.3, 0.4) is 0 Å². The summed E-state index contributed by atoms with van der Waals surface area (Å²) in [4.78, 5) is 11.3. The van der Waals surface area contributed by atoms with Crippen LogP contribution in [0.4, 0.5) is 0 Å². The Morgan fingerprint density at radius 2 is 1.94 bits per heavy atom. The highest BCUT2D eigenvalue weighted by atomic mass is 16.4. The summed E-state index contributed by atoms with van der Waals surface area (Å²) in [5.74, 6) is -0.842. The molecular weight excluding hydrogens is 224 g/mol. The number of benzene rings is 2. The summed E-state index contributed by atoms with van der Waals surface area (Å²) >= 11 is 0. The van der Waals surface area contributed by atoms with Gasteiger partial charge in [0.25, 0.3) is 0 Å². The smallest absolute Gasteiger partial charge is 0.313 e. The summed E-state index contributed by atoms with van der Waals surface area (Å²) < 4.78 is 0. The largest absolute Gasteiger partial charge is 0.481 e. The lowest BCUT2D eigenvalue weighted by Gasteiger charge is -2.21. The summed E-state index contributed by atoms with van der Waals surface area (Å²) in [6.45, 7) is 5.35. The lowest BCUT2D eigenvalue weighted by molar-refractivity contribution is -0.145. The predicted octanol–water partition coefficient (Wildman–Crippen LogP) is 3.66. The first-order valence-corrected chi connectivity index (χ1v) is 5.90. The van der Waals surface area contributed by atoms with Crippen LogP contribution in [0, 0.1) is 5.41 Å². The molecule has 0 amide bonds. The molecule has 1 atom stereocenters. The zero-order valence-corrected chi connectivity index (χ0v) is 10.4. The predicted molar refractivity (Wildman–Crippen MR) is 73.6 cm³/mol. The van der Waals surface area contributed by atoms with Crippen molar-refractivity contribution in [3.05, 3.63) is 60.7 Å². The maximum atomic E-state index is 11.3. The van der Waals surface area contributed by atoms with Crippen molar-refractivity contribution < 1.29 is 9.90 Å². The van der Waals surface area contributed by atoms with Crippen molar-refractivity contribution in [2.45, 2.75) is 13.3 Å². The van der Waals surface area contributed by atoms with Gasteiger partial charge in [0.15, 0.2) is 0 Å². The van der Waals surface area contributed by atoms with Crippen LogP contribution in [0.2, 0.25) is 0 Å². The van der Waals surface area contributed by atoms with Crippen LogP contribution < -0.4 is 0 Å². The van der Waals surface area contributed by atoms with Crippen LogP contribution in [-0.4, -0.2) is 11.1 Å². The van der Waals surface area contributed by atoms with Gasteiger partial charge in [0.2, 0.25) is 0 Å². The summed E-state index contributed by atoms with van der Waals surface area (Å²) in [6, 6.07) is 14.0. The standard InChI is InChI=1S/C16H16O2/c1-3-16(2,15(17)18)11-13-9-6-8-12-7-4-5-10-14(12)13/h3-10H,1,11H2,2H3,(H,17,18). The van der Waals surface area contributed by atoms with Crippen molar-refractivity contribution in [3.63, 3.8) is 0 Å². The minimum absolute atomic E-state index is 0.452. The fourth-order valence-corrected chi connectivity index (χ4v) is 2.08. The van der Waals surface area contributed by atoms with Crippen molar-refractivity contribution in [2.75, 3.05) is 0 Å². The van der Waals surface area contributed by atoms with Gasteiger partial charge in [-0.3, -0.25) is 4.79 Å². The lowest BCUT2D eigenvalue weighted by atomic mass is 9.82. The van der Waals surface area contributed by atoms with Gasteiger partial charge >= 0.3 is 5.97 Å². The molecule has 0 saturated carbocycles. The van der Waals surface area contributed by atoms with Crippen LogP contribution in [0.1, 0.15) is 12.5 Å². The van der Waals surface area contributed by atoms with Gasteiger partial charge in [-0.2, -0.15) is 0 Å². The number of fused-ring (bicyclic) bond motifs is 1. The molecule has 0 aliphatic carbocycles. The number of aliphatic carboxylic acids is 1. The van der Waals surface area contributed by atoms with Gasteiger partial charge in [0.05, 0.1) is 5.41 Å². The van der Waals surface area contributed by atoms with E-state index < -0.39 is 11.4 Å². The Hall–Kier alpha value is -2.09. The van der Waals surface area contributed by atoms with Gasteiger partial charge in [0, 0.05) is 0 Å². The van der Waals surface area contributed by atoms with Crippen molar-refractivity contribution in [1.29, 1.82) is 0 Å². The second kappa shape index (κ2) is 4.65. The van der Waals surface area contributed by atoms with Crippen molar-refractivity contribution in [2.24, 2.45) is 5.41 Å². The average Bonchev–Trinajstić information content (AvgIpc) is 2.39. The number of carbonyl (C=O) groups is 1. The first kappa shape index (κ1) is 12.4. The second-order valence-corrected chi connectivity index (χ2v) is 4.74. The minimum Gasteiger partial charge on any atom is -0.481 e.